The van der Waals surface area contributed by atoms with Crippen LogP contribution in [0.15, 0.2) is 53.5 Å². The zero-order chi connectivity index (χ0) is 21.5. The lowest BCUT2D eigenvalue weighted by Gasteiger charge is -2.15. The van der Waals surface area contributed by atoms with Gasteiger partial charge in [0.1, 0.15) is 5.82 Å². The van der Waals surface area contributed by atoms with E-state index < -0.39 is 0 Å². The summed E-state index contributed by atoms with van der Waals surface area (Å²) in [5, 5.41) is 6.82. The number of nitrogens with one attached hydrogen (secondary N) is 2. The summed E-state index contributed by atoms with van der Waals surface area (Å²) in [6.45, 7) is 10.8. The number of halogens is 1. The highest BCUT2D eigenvalue weighted by Gasteiger charge is 2.11. The summed E-state index contributed by atoms with van der Waals surface area (Å²) in [6.07, 6.45) is 2.67. The summed E-state index contributed by atoms with van der Waals surface area (Å²) in [5.74, 6) is 1.89. The molecule has 2 aromatic carbocycles. The minimum absolute atomic E-state index is 0. The van der Waals surface area contributed by atoms with Crippen LogP contribution in [0.25, 0.3) is 11.0 Å². The van der Waals surface area contributed by atoms with E-state index in [1.807, 2.05) is 6.07 Å². The molecule has 1 aliphatic rings. The number of hydrogen-bond acceptors (Lipinski definition) is 3. The van der Waals surface area contributed by atoms with Gasteiger partial charge in [0, 0.05) is 26.2 Å². The molecule has 0 radical (unpaired) electrons. The lowest BCUT2D eigenvalue weighted by molar-refractivity contribution is 0.331. The minimum atomic E-state index is 0. The second-order valence-electron chi connectivity index (χ2n) is 8.22. The second-order valence-corrected chi connectivity index (χ2v) is 8.22. The Morgan fingerprint density at radius 1 is 1.00 bits per heavy atom. The Hall–Kier alpha value is -2.13. The van der Waals surface area contributed by atoms with Gasteiger partial charge in [-0.2, -0.15) is 0 Å². The van der Waals surface area contributed by atoms with Crippen molar-refractivity contribution < 1.29 is 0 Å². The number of nitrogens with zero attached hydrogens (tertiary/aromatic N) is 4. The standard InChI is InChI=1S/C25H34N6.HI/c1-3-26-25(27-14-17-31-20(2)29-23-8-4-5-9-24(23)31)28-18-21-10-12-22(13-11-21)19-30-15-6-7-16-30;/h4-5,8-13H,3,6-7,14-19H2,1-2H3,(H2,26,27,28);1H. The van der Waals surface area contributed by atoms with Crippen molar-refractivity contribution in [2.45, 2.75) is 46.3 Å². The van der Waals surface area contributed by atoms with Crippen LogP contribution in [-0.4, -0.2) is 46.6 Å². The second kappa shape index (κ2) is 12.2. The third kappa shape index (κ3) is 6.45. The predicted octanol–water partition coefficient (Wildman–Crippen LogP) is 4.31. The van der Waals surface area contributed by atoms with Crippen molar-refractivity contribution in [1.82, 2.24) is 25.1 Å². The van der Waals surface area contributed by atoms with Gasteiger partial charge in [-0.05, 0) is 63.0 Å². The van der Waals surface area contributed by atoms with E-state index in [4.69, 9.17) is 4.99 Å². The molecule has 6 nitrogen and oxygen atoms in total. The van der Waals surface area contributed by atoms with Crippen LogP contribution in [0.5, 0.6) is 0 Å². The highest BCUT2D eigenvalue weighted by molar-refractivity contribution is 14.0. The quantitative estimate of drug-likeness (QED) is 0.251. The van der Waals surface area contributed by atoms with Gasteiger partial charge < -0.3 is 15.2 Å². The van der Waals surface area contributed by atoms with E-state index in [1.165, 1.54) is 42.6 Å². The van der Waals surface area contributed by atoms with Crippen LogP contribution in [0.3, 0.4) is 0 Å². The number of guanidine groups is 1. The van der Waals surface area contributed by atoms with E-state index in [0.717, 1.165) is 43.5 Å². The largest absolute Gasteiger partial charge is 0.357 e. The number of aryl methyl sites for hydroxylation is 1. The highest BCUT2D eigenvalue weighted by Crippen LogP contribution is 2.15. The number of benzene rings is 2. The lowest BCUT2D eigenvalue weighted by Crippen LogP contribution is -2.38. The molecule has 0 spiro atoms. The molecule has 0 amide bonds. The molecule has 1 saturated heterocycles. The molecule has 0 saturated carbocycles. The van der Waals surface area contributed by atoms with Crippen molar-refractivity contribution in [2.24, 2.45) is 4.99 Å². The Morgan fingerprint density at radius 2 is 1.72 bits per heavy atom. The topological polar surface area (TPSA) is 57.5 Å². The molecule has 2 N–H and O–H groups in total. The number of likely N-dealkylation sites (tertiary alicyclic amines) is 1. The molecule has 172 valence electrons. The fraction of sp³-hybridized carbons (Fsp3) is 0.440. The van der Waals surface area contributed by atoms with Crippen LogP contribution in [0.4, 0.5) is 0 Å². The van der Waals surface area contributed by atoms with Crippen LogP contribution in [0.2, 0.25) is 0 Å². The predicted molar refractivity (Wildman–Crippen MR) is 144 cm³/mol. The smallest absolute Gasteiger partial charge is 0.191 e. The Bertz CT molecular complexity index is 1000. The molecular formula is C25H35IN6. The summed E-state index contributed by atoms with van der Waals surface area (Å²) >= 11 is 0. The highest BCUT2D eigenvalue weighted by atomic mass is 127. The third-order valence-electron chi connectivity index (χ3n) is 5.87. The van der Waals surface area contributed by atoms with Crippen molar-refractivity contribution in [3.05, 3.63) is 65.5 Å². The maximum absolute atomic E-state index is 4.78. The normalized spacial score (nSPS) is 14.5. The van der Waals surface area contributed by atoms with Gasteiger partial charge >= 0.3 is 0 Å². The van der Waals surface area contributed by atoms with E-state index in [2.05, 4.69) is 81.4 Å². The number of aliphatic imine (C=N–C) groups is 1. The number of aromatic nitrogens is 2. The van der Waals surface area contributed by atoms with Gasteiger partial charge in [-0.15, -0.1) is 24.0 Å². The van der Waals surface area contributed by atoms with E-state index in [1.54, 1.807) is 0 Å². The fourth-order valence-corrected chi connectivity index (χ4v) is 4.23. The first-order chi connectivity index (χ1) is 15.2. The molecule has 0 aliphatic carbocycles. The monoisotopic (exact) mass is 546 g/mol. The van der Waals surface area contributed by atoms with Crippen molar-refractivity contribution in [2.75, 3.05) is 26.2 Å². The molecule has 1 fully saturated rings. The summed E-state index contributed by atoms with van der Waals surface area (Å²) in [4.78, 5) is 12.0. The van der Waals surface area contributed by atoms with Crippen molar-refractivity contribution in [1.29, 1.82) is 0 Å². The van der Waals surface area contributed by atoms with Gasteiger partial charge in [-0.25, -0.2) is 9.98 Å². The molecule has 2 heterocycles. The van der Waals surface area contributed by atoms with Crippen LogP contribution in [0, 0.1) is 6.92 Å². The lowest BCUT2D eigenvalue weighted by atomic mass is 10.1. The zero-order valence-electron chi connectivity index (χ0n) is 19.2. The minimum Gasteiger partial charge on any atom is -0.357 e. The number of imidazole rings is 1. The van der Waals surface area contributed by atoms with E-state index in [-0.39, 0.29) is 24.0 Å². The Kier molecular flexibility index (Phi) is 9.35. The van der Waals surface area contributed by atoms with Gasteiger partial charge in [-0.3, -0.25) is 4.90 Å². The summed E-state index contributed by atoms with van der Waals surface area (Å²) in [5.41, 5.74) is 4.85. The number of hydrogen-bond donors (Lipinski definition) is 2. The van der Waals surface area contributed by atoms with Gasteiger partial charge in [-0.1, -0.05) is 36.4 Å². The fourth-order valence-electron chi connectivity index (χ4n) is 4.23. The first-order valence-electron chi connectivity index (χ1n) is 11.5. The molecular weight excluding hydrogens is 511 g/mol. The average Bonchev–Trinajstić information content (AvgIpc) is 3.40. The van der Waals surface area contributed by atoms with Crippen molar-refractivity contribution >= 4 is 41.0 Å². The van der Waals surface area contributed by atoms with E-state index in [9.17, 15) is 0 Å². The SMILES string of the molecule is CCNC(=NCc1ccc(CN2CCCC2)cc1)NCCn1c(C)nc2ccccc21.I. The molecule has 7 heteroatoms. The van der Waals surface area contributed by atoms with Gasteiger partial charge in [0.25, 0.3) is 0 Å². The first kappa shape index (κ1) is 24.5. The summed E-state index contributed by atoms with van der Waals surface area (Å²) < 4.78 is 2.25. The van der Waals surface area contributed by atoms with E-state index >= 15 is 0 Å². The van der Waals surface area contributed by atoms with Gasteiger partial charge in [0.15, 0.2) is 5.96 Å². The summed E-state index contributed by atoms with van der Waals surface area (Å²) in [6, 6.07) is 17.2. The van der Waals surface area contributed by atoms with Gasteiger partial charge in [0.2, 0.25) is 0 Å². The van der Waals surface area contributed by atoms with Crippen LogP contribution in [0.1, 0.15) is 36.7 Å². The number of para-hydroxylation sites is 2. The molecule has 0 unspecified atom stereocenters. The van der Waals surface area contributed by atoms with Gasteiger partial charge in [0.05, 0.1) is 17.6 Å². The van der Waals surface area contributed by atoms with E-state index in [0.29, 0.717) is 6.54 Å². The van der Waals surface area contributed by atoms with Crippen molar-refractivity contribution in [3.8, 4) is 0 Å². The molecule has 32 heavy (non-hydrogen) atoms. The Balaban J connectivity index is 0.00000289. The zero-order valence-corrected chi connectivity index (χ0v) is 21.5. The molecule has 1 aromatic heterocycles. The summed E-state index contributed by atoms with van der Waals surface area (Å²) in [7, 11) is 0. The average molecular weight is 547 g/mol. The molecule has 1 aliphatic heterocycles. The Morgan fingerprint density at radius 3 is 2.47 bits per heavy atom. The molecule has 0 bridgehead atoms. The first-order valence-corrected chi connectivity index (χ1v) is 11.5. The number of rotatable bonds is 8. The maximum atomic E-state index is 4.78. The maximum Gasteiger partial charge on any atom is 0.191 e. The van der Waals surface area contributed by atoms with Crippen LogP contribution in [-0.2, 0) is 19.6 Å². The molecule has 4 rings (SSSR count). The molecule has 3 aromatic rings. The van der Waals surface area contributed by atoms with Crippen LogP contribution < -0.4 is 10.6 Å². The molecule has 0 atom stereocenters. The number of fused-ring (bicyclic) bond motifs is 1. The van der Waals surface area contributed by atoms with Crippen LogP contribution >= 0.6 is 24.0 Å². The third-order valence-corrected chi connectivity index (χ3v) is 5.87. The Labute approximate surface area is 208 Å². The van der Waals surface area contributed by atoms with Crippen molar-refractivity contribution in [3.63, 3.8) is 0 Å².